The molecule has 0 spiro atoms. The molecule has 0 N–H and O–H groups in total. The van der Waals surface area contributed by atoms with Gasteiger partial charge in [-0.3, -0.25) is 0 Å². The highest BCUT2D eigenvalue weighted by molar-refractivity contribution is 6.31. The predicted molar refractivity (Wildman–Crippen MR) is 133 cm³/mol. The highest BCUT2D eigenvalue weighted by atomic mass is 35.5. The van der Waals surface area contributed by atoms with E-state index >= 15 is 0 Å². The molecule has 0 fully saturated rings. The van der Waals surface area contributed by atoms with Crippen molar-refractivity contribution in [2.24, 2.45) is 0 Å². The topological polar surface area (TPSA) is 0 Å². The van der Waals surface area contributed by atoms with Crippen molar-refractivity contribution in [2.75, 3.05) is 0 Å². The summed E-state index contributed by atoms with van der Waals surface area (Å²) >= 11 is 6.56. The van der Waals surface area contributed by atoms with Crippen LogP contribution in [-0.4, -0.2) is 0 Å². The third-order valence-electron chi connectivity index (χ3n) is 5.49. The first kappa shape index (κ1) is 19.4. The summed E-state index contributed by atoms with van der Waals surface area (Å²) in [6.07, 6.45) is 0. The van der Waals surface area contributed by atoms with Crippen molar-refractivity contribution < 1.29 is 0 Å². The maximum atomic E-state index is 6.56. The van der Waals surface area contributed by atoms with Crippen molar-refractivity contribution in [1.29, 1.82) is 0 Å². The lowest BCUT2D eigenvalue weighted by atomic mass is 9.92. The third kappa shape index (κ3) is 4.30. The number of hydrogen-bond donors (Lipinski definition) is 0. The van der Waals surface area contributed by atoms with Crippen LogP contribution in [0.15, 0.2) is 127 Å². The van der Waals surface area contributed by atoms with E-state index in [4.69, 9.17) is 11.6 Å². The van der Waals surface area contributed by atoms with Crippen LogP contribution in [0.25, 0.3) is 44.5 Å². The number of halogens is 1. The van der Waals surface area contributed by atoms with Gasteiger partial charge in [-0.2, -0.15) is 0 Å². The minimum atomic E-state index is 0.739. The number of benzene rings is 5. The molecule has 0 radical (unpaired) electrons. The van der Waals surface area contributed by atoms with E-state index in [9.17, 15) is 0 Å². The molecule has 1 heteroatoms. The Hall–Kier alpha value is -3.61. The molecule has 0 aliphatic rings. The normalized spacial score (nSPS) is 10.7. The maximum absolute atomic E-state index is 6.56. The second-order valence-electron chi connectivity index (χ2n) is 7.63. The fourth-order valence-electron chi connectivity index (χ4n) is 3.94. The molecule has 0 saturated carbocycles. The molecule has 0 atom stereocenters. The molecule has 0 aliphatic carbocycles. The zero-order valence-electron chi connectivity index (χ0n) is 17.0. The predicted octanol–water partition coefficient (Wildman–Crippen LogP) is 9.01. The Labute approximate surface area is 188 Å². The third-order valence-corrected chi connectivity index (χ3v) is 5.70. The van der Waals surface area contributed by atoms with E-state index in [0.717, 1.165) is 27.3 Å². The number of hydrogen-bond acceptors (Lipinski definition) is 0. The fourth-order valence-corrected chi connectivity index (χ4v) is 4.18. The van der Waals surface area contributed by atoms with Gasteiger partial charge in [0.25, 0.3) is 0 Å². The van der Waals surface area contributed by atoms with Gasteiger partial charge < -0.3 is 0 Å². The second-order valence-corrected chi connectivity index (χ2v) is 8.06. The molecule has 0 saturated heterocycles. The molecule has 5 aromatic rings. The van der Waals surface area contributed by atoms with Crippen LogP contribution in [-0.2, 0) is 0 Å². The van der Waals surface area contributed by atoms with Crippen molar-refractivity contribution in [1.82, 2.24) is 0 Å². The summed E-state index contributed by atoms with van der Waals surface area (Å²) in [4.78, 5) is 0. The van der Waals surface area contributed by atoms with E-state index in [2.05, 4.69) is 109 Å². The average Bonchev–Trinajstić information content (AvgIpc) is 2.85. The molecule has 0 unspecified atom stereocenters. The first-order valence-electron chi connectivity index (χ1n) is 10.4. The zero-order valence-corrected chi connectivity index (χ0v) is 17.8. The lowest BCUT2D eigenvalue weighted by molar-refractivity contribution is 1.56. The Morgan fingerprint density at radius 3 is 0.903 bits per heavy atom. The van der Waals surface area contributed by atoms with Gasteiger partial charge in [0.05, 0.1) is 0 Å². The van der Waals surface area contributed by atoms with Gasteiger partial charge in [-0.15, -0.1) is 0 Å². The summed E-state index contributed by atoms with van der Waals surface area (Å²) in [6, 6.07) is 44.5. The maximum Gasteiger partial charge on any atom is 0.0418 e. The van der Waals surface area contributed by atoms with Crippen molar-refractivity contribution in [2.45, 2.75) is 0 Å². The molecular formula is C30H21Cl. The lowest BCUT2D eigenvalue weighted by Gasteiger charge is -2.13. The van der Waals surface area contributed by atoms with E-state index in [1.165, 1.54) is 22.3 Å². The van der Waals surface area contributed by atoms with Gasteiger partial charge in [-0.1, -0.05) is 103 Å². The first-order chi connectivity index (χ1) is 15.3. The molecule has 0 aromatic heterocycles. The zero-order chi connectivity index (χ0) is 21.0. The van der Waals surface area contributed by atoms with Gasteiger partial charge in [0.1, 0.15) is 0 Å². The molecule has 5 aromatic carbocycles. The van der Waals surface area contributed by atoms with Crippen molar-refractivity contribution >= 4 is 11.6 Å². The van der Waals surface area contributed by atoms with Gasteiger partial charge in [0.2, 0.25) is 0 Å². The van der Waals surface area contributed by atoms with Crippen LogP contribution in [0.5, 0.6) is 0 Å². The van der Waals surface area contributed by atoms with Crippen LogP contribution in [0.3, 0.4) is 0 Å². The summed E-state index contributed by atoms with van der Waals surface area (Å²) < 4.78 is 0. The Balaban J connectivity index is 1.70. The standard InChI is InChI=1S/C30H21Cl/c31-30-20-28(24-14-8-3-9-15-24)19-29(21-30)27-17-25(22-10-4-1-5-11-22)16-26(18-27)23-12-6-2-7-13-23/h1-21H. The molecule has 0 heterocycles. The molecular weight excluding hydrogens is 396 g/mol. The van der Waals surface area contributed by atoms with Gasteiger partial charge in [-0.25, -0.2) is 0 Å². The monoisotopic (exact) mass is 416 g/mol. The van der Waals surface area contributed by atoms with Crippen LogP contribution >= 0.6 is 11.6 Å². The quantitative estimate of drug-likeness (QED) is 0.274. The molecule has 0 bridgehead atoms. The van der Waals surface area contributed by atoms with Crippen LogP contribution in [0.4, 0.5) is 0 Å². The number of rotatable bonds is 4. The fraction of sp³-hybridized carbons (Fsp3) is 0. The van der Waals surface area contributed by atoms with Crippen LogP contribution in [0.2, 0.25) is 5.02 Å². The van der Waals surface area contributed by atoms with Gasteiger partial charge >= 0.3 is 0 Å². The highest BCUT2D eigenvalue weighted by Gasteiger charge is 2.09. The van der Waals surface area contributed by atoms with Crippen LogP contribution in [0, 0.1) is 0 Å². The highest BCUT2D eigenvalue weighted by Crippen LogP contribution is 2.35. The first-order valence-corrected chi connectivity index (χ1v) is 10.8. The van der Waals surface area contributed by atoms with Crippen molar-refractivity contribution in [3.05, 3.63) is 132 Å². The molecule has 5 rings (SSSR count). The SMILES string of the molecule is Clc1cc(-c2ccccc2)cc(-c2cc(-c3ccccc3)cc(-c3ccccc3)c2)c1. The summed E-state index contributed by atoms with van der Waals surface area (Å²) in [5.41, 5.74) is 9.33. The molecule has 0 aliphatic heterocycles. The second kappa shape index (κ2) is 8.63. The smallest absolute Gasteiger partial charge is 0.0418 e. The Morgan fingerprint density at radius 1 is 0.290 bits per heavy atom. The summed E-state index contributed by atoms with van der Waals surface area (Å²) in [5.74, 6) is 0. The molecule has 0 amide bonds. The van der Waals surface area contributed by atoms with Gasteiger partial charge in [0.15, 0.2) is 0 Å². The molecule has 0 nitrogen and oxygen atoms in total. The summed E-state index contributed by atoms with van der Waals surface area (Å²) in [7, 11) is 0. The van der Waals surface area contributed by atoms with Crippen molar-refractivity contribution in [3.8, 4) is 44.5 Å². The minimum Gasteiger partial charge on any atom is -0.0843 e. The van der Waals surface area contributed by atoms with Crippen LogP contribution < -0.4 is 0 Å². The Kier molecular flexibility index (Phi) is 5.39. The van der Waals surface area contributed by atoms with E-state index < -0.39 is 0 Å². The van der Waals surface area contributed by atoms with E-state index in [1.54, 1.807) is 0 Å². The lowest BCUT2D eigenvalue weighted by Crippen LogP contribution is -1.87. The molecule has 31 heavy (non-hydrogen) atoms. The van der Waals surface area contributed by atoms with E-state index in [1.807, 2.05) is 18.2 Å². The van der Waals surface area contributed by atoms with Crippen molar-refractivity contribution in [3.63, 3.8) is 0 Å². The summed E-state index contributed by atoms with van der Waals surface area (Å²) in [5, 5.41) is 0.739. The Bertz CT molecular complexity index is 1250. The van der Waals surface area contributed by atoms with E-state index in [-0.39, 0.29) is 0 Å². The van der Waals surface area contributed by atoms with Gasteiger partial charge in [-0.05, 0) is 80.9 Å². The minimum absolute atomic E-state index is 0.739. The van der Waals surface area contributed by atoms with E-state index in [0.29, 0.717) is 0 Å². The largest absolute Gasteiger partial charge is 0.0843 e. The van der Waals surface area contributed by atoms with Crippen LogP contribution in [0.1, 0.15) is 0 Å². The molecule has 148 valence electrons. The summed E-state index contributed by atoms with van der Waals surface area (Å²) in [6.45, 7) is 0. The average molecular weight is 417 g/mol. The Morgan fingerprint density at radius 2 is 0.548 bits per heavy atom. The van der Waals surface area contributed by atoms with Gasteiger partial charge in [0, 0.05) is 5.02 Å².